The quantitative estimate of drug-likeness (QED) is 0.813. The highest BCUT2D eigenvalue weighted by atomic mass is 16.5. The minimum absolute atomic E-state index is 0.218. The van der Waals surface area contributed by atoms with Crippen LogP contribution in [0, 0.1) is 11.3 Å². The fourth-order valence-corrected chi connectivity index (χ4v) is 1.45. The number of ether oxygens (including phenoxy) is 1. The zero-order valence-electron chi connectivity index (χ0n) is 8.60. The molecule has 0 aliphatic rings. The predicted octanol–water partition coefficient (Wildman–Crippen LogP) is 1.05. The number of nitrogens with zero attached hydrogens (tertiary/aromatic N) is 2. The highest BCUT2D eigenvalue weighted by Gasteiger charge is 2.08. The van der Waals surface area contributed by atoms with Crippen LogP contribution in [0.3, 0.4) is 0 Å². The molecule has 1 N–H and O–H groups in total. The second-order valence-corrected chi connectivity index (χ2v) is 3.13. The van der Waals surface area contributed by atoms with Gasteiger partial charge in [0.1, 0.15) is 23.2 Å². The Morgan fingerprint density at radius 1 is 1.44 bits per heavy atom. The van der Waals surface area contributed by atoms with Crippen LogP contribution in [0.4, 0.5) is 0 Å². The molecule has 0 fully saturated rings. The van der Waals surface area contributed by atoms with E-state index in [-0.39, 0.29) is 11.3 Å². The Bertz CT molecular complexity index is 604. The van der Waals surface area contributed by atoms with E-state index < -0.39 is 0 Å². The molecule has 0 atom stereocenters. The fourth-order valence-electron chi connectivity index (χ4n) is 1.45. The number of hydrogen-bond donors (Lipinski definition) is 1. The van der Waals surface area contributed by atoms with Crippen molar-refractivity contribution in [3.05, 3.63) is 46.4 Å². The summed E-state index contributed by atoms with van der Waals surface area (Å²) in [4.78, 5) is 11.6. The van der Waals surface area contributed by atoms with Gasteiger partial charge in [0, 0.05) is 6.07 Å². The summed E-state index contributed by atoms with van der Waals surface area (Å²) in [6, 6.07) is 10.2. The van der Waals surface area contributed by atoms with Gasteiger partial charge in [-0.25, -0.2) is 4.68 Å². The van der Waals surface area contributed by atoms with Crippen LogP contribution in [-0.2, 0) is 0 Å². The number of nitriles is 1. The van der Waals surface area contributed by atoms with Crippen molar-refractivity contribution in [2.24, 2.45) is 0 Å². The summed E-state index contributed by atoms with van der Waals surface area (Å²) < 4.78 is 6.41. The molecule has 2 aromatic rings. The average molecular weight is 215 g/mol. The Hall–Kier alpha value is -2.48. The third kappa shape index (κ3) is 1.57. The van der Waals surface area contributed by atoms with Gasteiger partial charge >= 0.3 is 0 Å². The molecule has 1 heterocycles. The van der Waals surface area contributed by atoms with Gasteiger partial charge in [-0.1, -0.05) is 12.1 Å². The first-order chi connectivity index (χ1) is 7.76. The summed E-state index contributed by atoms with van der Waals surface area (Å²) in [5.41, 5.74) is 0.508. The Labute approximate surface area is 91.5 Å². The lowest BCUT2D eigenvalue weighted by Gasteiger charge is -2.07. The number of rotatable bonds is 2. The largest absolute Gasteiger partial charge is 0.494 e. The molecule has 5 heteroatoms. The van der Waals surface area contributed by atoms with Gasteiger partial charge in [-0.3, -0.25) is 9.89 Å². The van der Waals surface area contributed by atoms with Crippen LogP contribution in [0.2, 0.25) is 0 Å². The number of methoxy groups -OCH3 is 1. The van der Waals surface area contributed by atoms with Crippen LogP contribution in [0.15, 0.2) is 35.1 Å². The van der Waals surface area contributed by atoms with Gasteiger partial charge in [0.05, 0.1) is 7.11 Å². The minimum atomic E-state index is -0.291. The highest BCUT2D eigenvalue weighted by molar-refractivity contribution is 5.46. The maximum absolute atomic E-state index is 11.6. The van der Waals surface area contributed by atoms with Crippen molar-refractivity contribution in [2.75, 3.05) is 7.11 Å². The summed E-state index contributed by atoms with van der Waals surface area (Å²) in [6.07, 6.45) is 0. The second kappa shape index (κ2) is 3.95. The van der Waals surface area contributed by atoms with Crippen LogP contribution in [0.1, 0.15) is 5.69 Å². The molecule has 80 valence electrons. The molecule has 2 rings (SSSR count). The van der Waals surface area contributed by atoms with Crippen molar-refractivity contribution < 1.29 is 4.74 Å². The number of benzene rings is 1. The molecule has 5 nitrogen and oxygen atoms in total. The number of para-hydroxylation sites is 2. The van der Waals surface area contributed by atoms with Gasteiger partial charge in [0.15, 0.2) is 0 Å². The fraction of sp³-hybridized carbons (Fsp3) is 0.0909. The smallest absolute Gasteiger partial charge is 0.272 e. The molecular formula is C11H9N3O2. The standard InChI is InChI=1S/C11H9N3O2/c1-16-10-5-3-2-4-9(10)14-11(15)6-8(7-12)13-14/h2-6,13H,1H3. The molecule has 0 saturated heterocycles. The topological polar surface area (TPSA) is 70.8 Å². The zero-order valence-corrected chi connectivity index (χ0v) is 8.60. The third-order valence-electron chi connectivity index (χ3n) is 2.17. The molecular weight excluding hydrogens is 206 g/mol. The molecule has 1 aromatic carbocycles. The van der Waals surface area contributed by atoms with Crippen molar-refractivity contribution >= 4 is 0 Å². The Balaban J connectivity index is 2.63. The first kappa shape index (κ1) is 10.1. The van der Waals surface area contributed by atoms with Crippen LogP contribution in [0.25, 0.3) is 5.69 Å². The van der Waals surface area contributed by atoms with E-state index in [4.69, 9.17) is 10.00 Å². The molecule has 16 heavy (non-hydrogen) atoms. The molecule has 0 saturated carbocycles. The molecule has 0 unspecified atom stereocenters. The maximum atomic E-state index is 11.6. The molecule has 0 aliphatic carbocycles. The molecule has 0 amide bonds. The van der Waals surface area contributed by atoms with E-state index in [1.807, 2.05) is 12.1 Å². The van der Waals surface area contributed by atoms with E-state index in [2.05, 4.69) is 5.10 Å². The lowest BCUT2D eigenvalue weighted by Crippen LogP contribution is -2.14. The Morgan fingerprint density at radius 2 is 2.19 bits per heavy atom. The molecule has 1 aromatic heterocycles. The second-order valence-electron chi connectivity index (χ2n) is 3.13. The Kier molecular flexibility index (Phi) is 2.48. The molecule has 0 bridgehead atoms. The van der Waals surface area contributed by atoms with E-state index in [0.29, 0.717) is 11.4 Å². The van der Waals surface area contributed by atoms with Crippen LogP contribution in [0.5, 0.6) is 5.75 Å². The van der Waals surface area contributed by atoms with Crippen LogP contribution < -0.4 is 10.3 Å². The van der Waals surface area contributed by atoms with Gasteiger partial charge in [0.2, 0.25) is 0 Å². The number of H-pyrrole nitrogens is 1. The highest BCUT2D eigenvalue weighted by Crippen LogP contribution is 2.19. The van der Waals surface area contributed by atoms with Crippen LogP contribution in [-0.4, -0.2) is 16.9 Å². The molecule has 0 radical (unpaired) electrons. The monoisotopic (exact) mass is 215 g/mol. The maximum Gasteiger partial charge on any atom is 0.272 e. The predicted molar refractivity (Wildman–Crippen MR) is 57.7 cm³/mol. The number of hydrogen-bond acceptors (Lipinski definition) is 3. The van der Waals surface area contributed by atoms with E-state index in [1.54, 1.807) is 18.2 Å². The van der Waals surface area contributed by atoms with Gasteiger partial charge < -0.3 is 4.74 Å². The summed E-state index contributed by atoms with van der Waals surface area (Å²) in [6.45, 7) is 0. The summed E-state index contributed by atoms with van der Waals surface area (Å²) in [5.74, 6) is 0.566. The zero-order chi connectivity index (χ0) is 11.5. The lowest BCUT2D eigenvalue weighted by atomic mass is 10.3. The van der Waals surface area contributed by atoms with E-state index >= 15 is 0 Å². The van der Waals surface area contributed by atoms with Crippen molar-refractivity contribution in [3.63, 3.8) is 0 Å². The first-order valence-corrected chi connectivity index (χ1v) is 4.62. The molecule has 0 aliphatic heterocycles. The van der Waals surface area contributed by atoms with Gasteiger partial charge in [0.25, 0.3) is 5.56 Å². The third-order valence-corrected chi connectivity index (χ3v) is 2.17. The number of aromatic amines is 1. The van der Waals surface area contributed by atoms with Gasteiger partial charge in [-0.05, 0) is 12.1 Å². The van der Waals surface area contributed by atoms with Crippen LogP contribution >= 0.6 is 0 Å². The number of nitrogens with one attached hydrogen (secondary N) is 1. The van der Waals surface area contributed by atoms with Crippen molar-refractivity contribution in [1.29, 1.82) is 5.26 Å². The Morgan fingerprint density at radius 3 is 2.81 bits per heavy atom. The van der Waals surface area contributed by atoms with E-state index in [1.165, 1.54) is 17.9 Å². The summed E-state index contributed by atoms with van der Waals surface area (Å²) in [7, 11) is 1.53. The van der Waals surface area contributed by atoms with Gasteiger partial charge in [-0.2, -0.15) is 5.26 Å². The minimum Gasteiger partial charge on any atom is -0.494 e. The van der Waals surface area contributed by atoms with Crippen molar-refractivity contribution in [3.8, 4) is 17.5 Å². The first-order valence-electron chi connectivity index (χ1n) is 4.62. The van der Waals surface area contributed by atoms with Crippen molar-refractivity contribution in [1.82, 2.24) is 9.78 Å². The normalized spacial score (nSPS) is 9.75. The molecule has 0 spiro atoms. The average Bonchev–Trinajstić information content (AvgIpc) is 2.70. The van der Waals surface area contributed by atoms with E-state index in [0.717, 1.165) is 0 Å². The van der Waals surface area contributed by atoms with Crippen molar-refractivity contribution in [2.45, 2.75) is 0 Å². The van der Waals surface area contributed by atoms with Gasteiger partial charge in [-0.15, -0.1) is 0 Å². The number of aromatic nitrogens is 2. The SMILES string of the molecule is COc1ccccc1-n1[nH]c(C#N)cc1=O. The summed E-state index contributed by atoms with van der Waals surface area (Å²) in [5, 5.41) is 11.4. The summed E-state index contributed by atoms with van der Waals surface area (Å²) >= 11 is 0. The van der Waals surface area contributed by atoms with E-state index in [9.17, 15) is 4.79 Å². The lowest BCUT2D eigenvalue weighted by molar-refractivity contribution is 0.411.